The third-order valence-corrected chi connectivity index (χ3v) is 1.94. The zero-order valence-electron chi connectivity index (χ0n) is 7.51. The molecule has 0 spiro atoms. The molecule has 4 N–H and O–H groups in total. The molecule has 2 atom stereocenters. The van der Waals surface area contributed by atoms with Crippen molar-refractivity contribution in [2.75, 3.05) is 0 Å². The van der Waals surface area contributed by atoms with Crippen molar-refractivity contribution in [3.8, 4) is 0 Å². The van der Waals surface area contributed by atoms with Crippen molar-refractivity contribution < 1.29 is 10.2 Å². The van der Waals surface area contributed by atoms with Crippen LogP contribution in [0.25, 0.3) is 0 Å². The summed E-state index contributed by atoms with van der Waals surface area (Å²) >= 11 is 0. The van der Waals surface area contributed by atoms with E-state index in [9.17, 15) is 10.2 Å². The summed E-state index contributed by atoms with van der Waals surface area (Å²) in [5.41, 5.74) is 6.87. The van der Waals surface area contributed by atoms with E-state index in [1.165, 1.54) is 13.1 Å². The molecular weight excluding hydrogens is 168 g/mol. The lowest BCUT2D eigenvalue weighted by Crippen LogP contribution is -2.17. The first-order valence-electron chi connectivity index (χ1n) is 4.15. The number of nitrogens with two attached hydrogens (primary N) is 1. The van der Waals surface area contributed by atoms with Gasteiger partial charge in [-0.1, -0.05) is 0 Å². The summed E-state index contributed by atoms with van der Waals surface area (Å²) in [6, 6.07) is 1.74. The van der Waals surface area contributed by atoms with Gasteiger partial charge in [-0.2, -0.15) is 0 Å². The summed E-state index contributed by atoms with van der Waals surface area (Å²) in [5, 5.41) is 18.7. The summed E-state index contributed by atoms with van der Waals surface area (Å²) in [4.78, 5) is 3.87. The van der Waals surface area contributed by atoms with Crippen LogP contribution in [0.5, 0.6) is 0 Å². The van der Waals surface area contributed by atoms with Crippen LogP contribution in [0.1, 0.15) is 24.2 Å². The summed E-state index contributed by atoms with van der Waals surface area (Å²) in [7, 11) is 0. The third-order valence-electron chi connectivity index (χ3n) is 1.94. The van der Waals surface area contributed by atoms with Gasteiger partial charge in [-0.05, 0) is 18.6 Å². The number of aromatic nitrogens is 1. The number of aliphatic hydroxyl groups excluding tert-OH is 2. The maximum Gasteiger partial charge on any atom is 0.106 e. The van der Waals surface area contributed by atoms with Crippen molar-refractivity contribution >= 4 is 0 Å². The predicted molar refractivity (Wildman–Crippen MR) is 48.8 cm³/mol. The molecule has 4 nitrogen and oxygen atoms in total. The number of aliphatic hydroxyl groups is 2. The molecule has 0 aromatic carbocycles. The van der Waals surface area contributed by atoms with Crippen LogP contribution in [-0.4, -0.2) is 21.3 Å². The molecule has 0 fully saturated rings. The Kier molecular flexibility index (Phi) is 3.36. The van der Waals surface area contributed by atoms with Crippen molar-refractivity contribution in [1.82, 2.24) is 4.98 Å². The van der Waals surface area contributed by atoms with Crippen molar-refractivity contribution in [1.29, 1.82) is 0 Å². The maximum absolute atomic E-state index is 9.56. The van der Waals surface area contributed by atoms with E-state index < -0.39 is 12.2 Å². The van der Waals surface area contributed by atoms with E-state index in [0.717, 1.165) is 5.56 Å². The monoisotopic (exact) mass is 182 g/mol. The summed E-state index contributed by atoms with van der Waals surface area (Å²) in [6.45, 7) is 1.86. The van der Waals surface area contributed by atoms with Crippen molar-refractivity contribution in [2.45, 2.75) is 25.7 Å². The topological polar surface area (TPSA) is 79.4 Å². The molecule has 0 aliphatic carbocycles. The molecule has 1 aromatic heterocycles. The average molecular weight is 182 g/mol. The first-order valence-corrected chi connectivity index (χ1v) is 4.15. The smallest absolute Gasteiger partial charge is 0.106 e. The van der Waals surface area contributed by atoms with E-state index in [1.807, 2.05) is 0 Å². The van der Waals surface area contributed by atoms with Crippen LogP contribution in [0.4, 0.5) is 0 Å². The Hall–Kier alpha value is -0.970. The van der Waals surface area contributed by atoms with E-state index in [-0.39, 0.29) is 0 Å². The second kappa shape index (κ2) is 4.32. The molecule has 0 unspecified atom stereocenters. The van der Waals surface area contributed by atoms with Gasteiger partial charge in [0.25, 0.3) is 0 Å². The Morgan fingerprint density at radius 2 is 2.23 bits per heavy atom. The molecule has 4 heteroatoms. The fourth-order valence-electron chi connectivity index (χ4n) is 1.15. The fraction of sp³-hybridized carbons (Fsp3) is 0.444. The predicted octanol–water partition coefficient (Wildman–Crippen LogP) is -0.0455. The Bertz CT molecular complexity index is 276. The first-order chi connectivity index (χ1) is 6.16. The fourth-order valence-corrected chi connectivity index (χ4v) is 1.15. The van der Waals surface area contributed by atoms with Gasteiger partial charge >= 0.3 is 0 Å². The minimum Gasteiger partial charge on any atom is -0.390 e. The van der Waals surface area contributed by atoms with Gasteiger partial charge in [0.1, 0.15) is 6.10 Å². The second-order valence-corrected chi connectivity index (χ2v) is 2.96. The Morgan fingerprint density at radius 1 is 1.54 bits per heavy atom. The SMILES string of the molecule is C[C@@H](O)[C@H](O)c1cnccc1CN. The van der Waals surface area contributed by atoms with Gasteiger partial charge in [-0.25, -0.2) is 0 Å². The molecular formula is C9H14N2O2. The van der Waals surface area contributed by atoms with Crippen LogP contribution >= 0.6 is 0 Å². The molecule has 0 aliphatic rings. The third kappa shape index (κ3) is 2.24. The molecule has 0 bridgehead atoms. The molecule has 1 rings (SSSR count). The lowest BCUT2D eigenvalue weighted by atomic mass is 10.0. The normalized spacial score (nSPS) is 15.4. The standard InChI is InChI=1S/C9H14N2O2/c1-6(12)9(13)8-5-11-3-2-7(8)4-10/h2-3,5-6,9,12-13H,4,10H2,1H3/t6-,9+/m1/s1. The summed E-state index contributed by atoms with van der Waals surface area (Å²) < 4.78 is 0. The van der Waals surface area contributed by atoms with Crippen molar-refractivity contribution in [3.05, 3.63) is 29.6 Å². The number of hydrogen-bond acceptors (Lipinski definition) is 4. The van der Waals surface area contributed by atoms with Crippen LogP contribution in [-0.2, 0) is 6.54 Å². The minimum absolute atomic E-state index is 0.335. The maximum atomic E-state index is 9.56. The van der Waals surface area contributed by atoms with Crippen LogP contribution in [0.15, 0.2) is 18.5 Å². The largest absolute Gasteiger partial charge is 0.390 e. The number of nitrogens with zero attached hydrogens (tertiary/aromatic N) is 1. The van der Waals surface area contributed by atoms with Gasteiger partial charge < -0.3 is 15.9 Å². The highest BCUT2D eigenvalue weighted by molar-refractivity contribution is 5.25. The molecule has 0 amide bonds. The minimum atomic E-state index is -0.910. The molecule has 0 saturated heterocycles. The Labute approximate surface area is 77.0 Å². The van der Waals surface area contributed by atoms with Crippen LogP contribution < -0.4 is 5.73 Å². The van der Waals surface area contributed by atoms with E-state index in [2.05, 4.69) is 4.98 Å². The highest BCUT2D eigenvalue weighted by Crippen LogP contribution is 2.19. The Morgan fingerprint density at radius 3 is 2.77 bits per heavy atom. The second-order valence-electron chi connectivity index (χ2n) is 2.96. The first kappa shape index (κ1) is 10.1. The van der Waals surface area contributed by atoms with Gasteiger partial charge in [0, 0.05) is 24.5 Å². The quantitative estimate of drug-likeness (QED) is 0.612. The van der Waals surface area contributed by atoms with Gasteiger partial charge in [-0.3, -0.25) is 4.98 Å². The van der Waals surface area contributed by atoms with Gasteiger partial charge in [0.2, 0.25) is 0 Å². The molecule has 1 aromatic rings. The van der Waals surface area contributed by atoms with E-state index in [0.29, 0.717) is 12.1 Å². The van der Waals surface area contributed by atoms with Gasteiger partial charge in [0.15, 0.2) is 0 Å². The molecule has 1 heterocycles. The average Bonchev–Trinajstić information content (AvgIpc) is 2.16. The number of rotatable bonds is 3. The van der Waals surface area contributed by atoms with Crippen LogP contribution in [0, 0.1) is 0 Å². The Balaban J connectivity index is 2.98. The lowest BCUT2D eigenvalue weighted by molar-refractivity contribution is 0.0298. The summed E-state index contributed by atoms with van der Waals surface area (Å²) in [5.74, 6) is 0. The van der Waals surface area contributed by atoms with E-state index in [1.54, 1.807) is 12.3 Å². The molecule has 0 aliphatic heterocycles. The van der Waals surface area contributed by atoms with Crippen molar-refractivity contribution in [3.63, 3.8) is 0 Å². The van der Waals surface area contributed by atoms with Crippen LogP contribution in [0.2, 0.25) is 0 Å². The van der Waals surface area contributed by atoms with Gasteiger partial charge in [0.05, 0.1) is 6.10 Å². The van der Waals surface area contributed by atoms with E-state index in [4.69, 9.17) is 5.73 Å². The molecule has 0 saturated carbocycles. The zero-order valence-corrected chi connectivity index (χ0v) is 7.51. The number of pyridine rings is 1. The molecule has 72 valence electrons. The van der Waals surface area contributed by atoms with E-state index >= 15 is 0 Å². The summed E-state index contributed by atoms with van der Waals surface area (Å²) in [6.07, 6.45) is 1.42. The van der Waals surface area contributed by atoms with Crippen LogP contribution in [0.3, 0.4) is 0 Å². The number of hydrogen-bond donors (Lipinski definition) is 3. The zero-order chi connectivity index (χ0) is 9.84. The molecule has 13 heavy (non-hydrogen) atoms. The lowest BCUT2D eigenvalue weighted by Gasteiger charge is -2.16. The molecule has 0 radical (unpaired) electrons. The highest BCUT2D eigenvalue weighted by atomic mass is 16.3. The highest BCUT2D eigenvalue weighted by Gasteiger charge is 2.16. The van der Waals surface area contributed by atoms with Crippen molar-refractivity contribution in [2.24, 2.45) is 5.73 Å². The van der Waals surface area contributed by atoms with Gasteiger partial charge in [-0.15, -0.1) is 0 Å².